The molecule has 0 N–H and O–H groups in total. The minimum absolute atomic E-state index is 0.728. The fourth-order valence-electron chi connectivity index (χ4n) is 2.48. The Morgan fingerprint density at radius 1 is 0.727 bits per heavy atom. The molecule has 0 unspecified atom stereocenters. The molecule has 0 aromatic rings. The summed E-state index contributed by atoms with van der Waals surface area (Å²) >= 11 is 4.52. The smallest absolute Gasteiger partial charge is 0.00170 e. The van der Waals surface area contributed by atoms with Crippen molar-refractivity contribution in [1.82, 2.24) is 0 Å². The van der Waals surface area contributed by atoms with Crippen LogP contribution in [0, 0.1) is 11.8 Å². The summed E-state index contributed by atoms with van der Waals surface area (Å²) < 4.78 is 0. The van der Waals surface area contributed by atoms with Gasteiger partial charge < -0.3 is 0 Å². The fraction of sp³-hybridized carbons (Fsp3) is 1.00. The van der Waals surface area contributed by atoms with E-state index in [-0.39, 0.29) is 0 Å². The predicted molar refractivity (Wildman–Crippen MR) is 52.1 cm³/mol. The minimum atomic E-state index is 0.728. The second kappa shape index (κ2) is 3.38. The third kappa shape index (κ3) is 1.74. The predicted octanol–water partition coefficient (Wildman–Crippen LogP) is 3.28. The lowest BCUT2D eigenvalue weighted by molar-refractivity contribution is 0.164. The first-order valence-corrected chi connectivity index (χ1v) is 5.56. The largest absolute Gasteiger partial charge is 0.176 e. The van der Waals surface area contributed by atoms with E-state index in [4.69, 9.17) is 0 Å². The van der Waals surface area contributed by atoms with Gasteiger partial charge in [0.15, 0.2) is 0 Å². The highest BCUT2D eigenvalue weighted by molar-refractivity contribution is 7.80. The molecule has 0 radical (unpaired) electrons. The molecule has 0 spiro atoms. The highest BCUT2D eigenvalue weighted by Gasteiger charge is 2.29. The van der Waals surface area contributed by atoms with E-state index in [2.05, 4.69) is 12.6 Å². The van der Waals surface area contributed by atoms with Crippen molar-refractivity contribution >= 4 is 12.6 Å². The zero-order chi connectivity index (χ0) is 7.68. The summed E-state index contributed by atoms with van der Waals surface area (Å²) in [5.74, 6) is 2.21. The van der Waals surface area contributed by atoms with Crippen LogP contribution in [-0.2, 0) is 0 Å². The third-order valence-corrected chi connectivity index (χ3v) is 4.07. The lowest BCUT2D eigenvalue weighted by Gasteiger charge is -2.37. The Kier molecular flexibility index (Phi) is 2.45. The van der Waals surface area contributed by atoms with Crippen molar-refractivity contribution in [2.24, 2.45) is 11.8 Å². The summed E-state index contributed by atoms with van der Waals surface area (Å²) in [4.78, 5) is 0. The number of hydrogen-bond acceptors (Lipinski definition) is 1. The average molecular weight is 170 g/mol. The van der Waals surface area contributed by atoms with Gasteiger partial charge >= 0.3 is 0 Å². The number of thiol groups is 1. The Hall–Kier alpha value is 0.350. The van der Waals surface area contributed by atoms with Crippen LogP contribution in [0.25, 0.3) is 0 Å². The normalized spacial score (nSPS) is 40.1. The van der Waals surface area contributed by atoms with Crippen LogP contribution in [0.15, 0.2) is 0 Å². The molecule has 0 atom stereocenters. The van der Waals surface area contributed by atoms with Gasteiger partial charge in [0.05, 0.1) is 0 Å². The van der Waals surface area contributed by atoms with Gasteiger partial charge in [-0.15, -0.1) is 0 Å². The lowest BCUT2D eigenvalue weighted by atomic mass is 9.70. The van der Waals surface area contributed by atoms with Gasteiger partial charge in [0.1, 0.15) is 0 Å². The van der Waals surface area contributed by atoms with E-state index in [1.165, 1.54) is 44.9 Å². The maximum Gasteiger partial charge on any atom is 0.00170 e. The maximum absolute atomic E-state index is 4.52. The van der Waals surface area contributed by atoms with E-state index in [0.717, 1.165) is 17.1 Å². The molecule has 0 saturated heterocycles. The van der Waals surface area contributed by atoms with E-state index in [1.54, 1.807) is 0 Å². The van der Waals surface area contributed by atoms with Gasteiger partial charge in [0, 0.05) is 5.25 Å². The molecule has 0 bridgehead atoms. The summed E-state index contributed by atoms with van der Waals surface area (Å²) in [5.41, 5.74) is 0. The van der Waals surface area contributed by atoms with E-state index in [9.17, 15) is 0 Å². The molecule has 0 amide bonds. The van der Waals surface area contributed by atoms with Gasteiger partial charge in [-0.3, -0.25) is 0 Å². The zero-order valence-corrected chi connectivity index (χ0v) is 8.02. The molecule has 0 aliphatic heterocycles. The van der Waals surface area contributed by atoms with Crippen LogP contribution in [0.5, 0.6) is 0 Å². The van der Waals surface area contributed by atoms with Crippen molar-refractivity contribution in [1.29, 1.82) is 0 Å². The second-order valence-electron chi connectivity index (χ2n) is 4.26. The topological polar surface area (TPSA) is 0 Å². The van der Waals surface area contributed by atoms with Crippen molar-refractivity contribution in [3.05, 3.63) is 0 Å². The summed E-state index contributed by atoms with van der Waals surface area (Å²) in [5, 5.41) is 0.728. The molecule has 2 aliphatic rings. The SMILES string of the molecule is SC1CCC(C2CCC2)CC1. The van der Waals surface area contributed by atoms with E-state index in [0.29, 0.717) is 0 Å². The van der Waals surface area contributed by atoms with E-state index in [1.807, 2.05) is 0 Å². The molecule has 11 heavy (non-hydrogen) atoms. The summed E-state index contributed by atoms with van der Waals surface area (Å²) in [6, 6.07) is 0. The van der Waals surface area contributed by atoms with E-state index < -0.39 is 0 Å². The number of hydrogen-bond donors (Lipinski definition) is 1. The molecule has 2 saturated carbocycles. The van der Waals surface area contributed by atoms with Gasteiger partial charge in [-0.05, 0) is 37.5 Å². The molecule has 64 valence electrons. The summed E-state index contributed by atoms with van der Waals surface area (Å²) in [6.45, 7) is 0. The van der Waals surface area contributed by atoms with Crippen molar-refractivity contribution in [3.8, 4) is 0 Å². The van der Waals surface area contributed by atoms with E-state index >= 15 is 0 Å². The van der Waals surface area contributed by atoms with Crippen molar-refractivity contribution in [3.63, 3.8) is 0 Å². The molecule has 0 aromatic carbocycles. The Morgan fingerprint density at radius 2 is 1.27 bits per heavy atom. The van der Waals surface area contributed by atoms with Crippen molar-refractivity contribution in [2.75, 3.05) is 0 Å². The summed E-state index contributed by atoms with van der Waals surface area (Å²) in [6.07, 6.45) is 10.3. The third-order valence-electron chi connectivity index (χ3n) is 3.56. The molecule has 0 aromatic heterocycles. The van der Waals surface area contributed by atoms with Gasteiger partial charge in [0.25, 0.3) is 0 Å². The van der Waals surface area contributed by atoms with Crippen LogP contribution in [0.2, 0.25) is 0 Å². The van der Waals surface area contributed by atoms with Crippen LogP contribution in [0.1, 0.15) is 44.9 Å². The highest BCUT2D eigenvalue weighted by atomic mass is 32.1. The van der Waals surface area contributed by atoms with Gasteiger partial charge in [0.2, 0.25) is 0 Å². The maximum atomic E-state index is 4.52. The lowest BCUT2D eigenvalue weighted by Crippen LogP contribution is -2.26. The molecule has 0 heterocycles. The molecule has 2 aliphatic carbocycles. The van der Waals surface area contributed by atoms with Crippen LogP contribution in [0.3, 0.4) is 0 Å². The van der Waals surface area contributed by atoms with Gasteiger partial charge in [-0.25, -0.2) is 0 Å². The van der Waals surface area contributed by atoms with Gasteiger partial charge in [-0.2, -0.15) is 12.6 Å². The molecule has 2 fully saturated rings. The van der Waals surface area contributed by atoms with Crippen LogP contribution < -0.4 is 0 Å². The Morgan fingerprint density at radius 3 is 1.73 bits per heavy atom. The molecular weight excluding hydrogens is 152 g/mol. The number of rotatable bonds is 1. The first-order valence-electron chi connectivity index (χ1n) is 5.04. The molecule has 1 heteroatoms. The quantitative estimate of drug-likeness (QED) is 0.574. The minimum Gasteiger partial charge on any atom is -0.176 e. The average Bonchev–Trinajstić information content (AvgIpc) is 1.90. The standard InChI is InChI=1S/C10H18S/c11-10-6-4-9(5-7-10)8-2-1-3-8/h8-11H,1-7H2. The molecular formula is C10H18S. The first-order chi connectivity index (χ1) is 5.36. The monoisotopic (exact) mass is 170 g/mol. The Labute approximate surface area is 75.2 Å². The Bertz CT molecular complexity index is 121. The first kappa shape index (κ1) is 7.97. The second-order valence-corrected chi connectivity index (χ2v) is 4.99. The van der Waals surface area contributed by atoms with Crippen LogP contribution in [-0.4, -0.2) is 5.25 Å². The van der Waals surface area contributed by atoms with Crippen LogP contribution in [0.4, 0.5) is 0 Å². The summed E-state index contributed by atoms with van der Waals surface area (Å²) in [7, 11) is 0. The van der Waals surface area contributed by atoms with Crippen molar-refractivity contribution in [2.45, 2.75) is 50.2 Å². The Balaban J connectivity index is 1.77. The van der Waals surface area contributed by atoms with Crippen LogP contribution >= 0.6 is 12.6 Å². The molecule has 0 nitrogen and oxygen atoms in total. The molecule has 2 rings (SSSR count). The van der Waals surface area contributed by atoms with Gasteiger partial charge in [-0.1, -0.05) is 19.3 Å². The van der Waals surface area contributed by atoms with Crippen molar-refractivity contribution < 1.29 is 0 Å². The highest BCUT2D eigenvalue weighted by Crippen LogP contribution is 2.41. The zero-order valence-electron chi connectivity index (χ0n) is 7.13. The fourth-order valence-corrected chi connectivity index (χ4v) is 2.78.